The van der Waals surface area contributed by atoms with Crippen LogP contribution in [0, 0.1) is 11.6 Å². The van der Waals surface area contributed by atoms with Crippen molar-refractivity contribution < 1.29 is 18.6 Å². The highest BCUT2D eigenvalue weighted by Gasteiger charge is 2.45. The number of halogens is 2. The Balaban J connectivity index is 1.16. The number of nitrogens with zero attached hydrogens (tertiary/aromatic N) is 5. The van der Waals surface area contributed by atoms with Crippen molar-refractivity contribution in [2.75, 3.05) is 49.1 Å². The van der Waals surface area contributed by atoms with E-state index in [0.717, 1.165) is 62.2 Å². The van der Waals surface area contributed by atoms with Gasteiger partial charge in [-0.15, -0.1) is 0 Å². The molecule has 5 aliphatic heterocycles. The third-order valence-electron chi connectivity index (χ3n) is 10.1. The third kappa shape index (κ3) is 4.29. The number of phenols is 1. The van der Waals surface area contributed by atoms with Crippen molar-refractivity contribution in [3.63, 3.8) is 0 Å². The van der Waals surface area contributed by atoms with Crippen LogP contribution < -0.4 is 19.9 Å². The zero-order valence-electron chi connectivity index (χ0n) is 23.2. The van der Waals surface area contributed by atoms with Gasteiger partial charge in [-0.05, 0) is 75.6 Å². The van der Waals surface area contributed by atoms with Gasteiger partial charge in [-0.3, -0.25) is 4.90 Å². The van der Waals surface area contributed by atoms with Gasteiger partial charge < -0.3 is 25.0 Å². The average molecular weight is 563 g/mol. The van der Waals surface area contributed by atoms with Crippen LogP contribution in [0.2, 0.25) is 0 Å². The number of phenolic OH excluding ortho intramolecular Hbond substituents is 1. The van der Waals surface area contributed by atoms with E-state index in [0.29, 0.717) is 55.3 Å². The molecule has 2 aromatic carbocycles. The van der Waals surface area contributed by atoms with E-state index in [2.05, 4.69) is 15.1 Å². The second kappa shape index (κ2) is 9.66. The standard InChI is InChI=1S/C31H36F2N6O2/c32-24-6-3-19-13-22(40)14-26(27(19)28(24)33)37-12-7-23-25(17-37)35-30(41-18-31-8-1-10-39(31)11-2-9-31)36-29(23)38-15-20-4-5-21(16-38)34-20/h3,6,13-14,20-21,34,40H,1-2,4-5,7-12,15-18H2. The van der Waals surface area contributed by atoms with Gasteiger partial charge in [0.05, 0.1) is 23.5 Å². The highest BCUT2D eigenvalue weighted by molar-refractivity contribution is 5.96. The number of hydrogen-bond acceptors (Lipinski definition) is 8. The van der Waals surface area contributed by atoms with Gasteiger partial charge >= 0.3 is 6.01 Å². The van der Waals surface area contributed by atoms with Gasteiger partial charge in [0.25, 0.3) is 0 Å². The zero-order valence-corrected chi connectivity index (χ0v) is 23.2. The fourth-order valence-electron chi connectivity index (χ4n) is 8.16. The molecule has 2 bridgehead atoms. The van der Waals surface area contributed by atoms with Crippen molar-refractivity contribution in [2.24, 2.45) is 0 Å². The molecule has 2 atom stereocenters. The van der Waals surface area contributed by atoms with Crippen molar-refractivity contribution in [3.8, 4) is 11.8 Å². The van der Waals surface area contributed by atoms with Crippen molar-refractivity contribution in [2.45, 2.75) is 69.1 Å². The number of aromatic hydroxyl groups is 1. The molecule has 1 aromatic heterocycles. The smallest absolute Gasteiger partial charge is 0.318 e. The molecule has 41 heavy (non-hydrogen) atoms. The normalized spacial score (nSPS) is 25.1. The summed E-state index contributed by atoms with van der Waals surface area (Å²) in [6, 6.07) is 6.93. The summed E-state index contributed by atoms with van der Waals surface area (Å²) in [4.78, 5) is 17.0. The van der Waals surface area contributed by atoms with Crippen molar-refractivity contribution >= 4 is 22.3 Å². The molecule has 2 N–H and O–H groups in total. The average Bonchev–Trinajstić information content (AvgIpc) is 3.66. The van der Waals surface area contributed by atoms with Crippen LogP contribution in [-0.4, -0.2) is 76.9 Å². The molecule has 0 aliphatic carbocycles. The van der Waals surface area contributed by atoms with E-state index in [9.17, 15) is 9.50 Å². The summed E-state index contributed by atoms with van der Waals surface area (Å²) in [5, 5.41) is 14.8. The molecule has 8 nitrogen and oxygen atoms in total. The first-order valence-electron chi connectivity index (χ1n) is 15.1. The molecular weight excluding hydrogens is 526 g/mol. The Hall–Kier alpha value is -3.24. The quantitative estimate of drug-likeness (QED) is 0.481. The Morgan fingerprint density at radius 3 is 2.56 bits per heavy atom. The number of nitrogens with one attached hydrogen (secondary N) is 1. The Bertz CT molecular complexity index is 1500. The van der Waals surface area contributed by atoms with E-state index in [1.165, 1.54) is 43.9 Å². The van der Waals surface area contributed by atoms with Crippen LogP contribution in [0.15, 0.2) is 24.3 Å². The van der Waals surface area contributed by atoms with Gasteiger partial charge in [-0.1, -0.05) is 6.07 Å². The molecule has 5 aliphatic rings. The molecule has 0 spiro atoms. The molecule has 216 valence electrons. The maximum atomic E-state index is 15.1. The summed E-state index contributed by atoms with van der Waals surface area (Å²) in [5.41, 5.74) is 2.51. The molecule has 6 heterocycles. The van der Waals surface area contributed by atoms with Crippen LogP contribution >= 0.6 is 0 Å². The van der Waals surface area contributed by atoms with Gasteiger partial charge in [0, 0.05) is 48.7 Å². The fraction of sp³-hybridized carbons (Fsp3) is 0.548. The summed E-state index contributed by atoms with van der Waals surface area (Å²) >= 11 is 0. The van der Waals surface area contributed by atoms with E-state index in [1.54, 1.807) is 0 Å². The lowest BCUT2D eigenvalue weighted by molar-refractivity contribution is 0.107. The number of ether oxygens (including phenoxy) is 1. The van der Waals surface area contributed by atoms with Crippen LogP contribution in [0.3, 0.4) is 0 Å². The minimum Gasteiger partial charge on any atom is -0.508 e. The van der Waals surface area contributed by atoms with Gasteiger partial charge in [-0.2, -0.15) is 9.97 Å². The number of fused-ring (bicyclic) bond motifs is 5. The van der Waals surface area contributed by atoms with Crippen LogP contribution in [0.25, 0.3) is 10.8 Å². The molecule has 3 aromatic rings. The van der Waals surface area contributed by atoms with Crippen LogP contribution in [0.5, 0.6) is 11.8 Å². The first-order valence-corrected chi connectivity index (χ1v) is 15.1. The third-order valence-corrected chi connectivity index (χ3v) is 10.1. The number of rotatable bonds is 5. The summed E-state index contributed by atoms with van der Waals surface area (Å²) in [5.74, 6) is -0.829. The van der Waals surface area contributed by atoms with Gasteiger partial charge in [0.2, 0.25) is 0 Å². The molecule has 8 rings (SSSR count). The predicted molar refractivity (Wildman–Crippen MR) is 153 cm³/mol. The maximum absolute atomic E-state index is 15.1. The summed E-state index contributed by atoms with van der Waals surface area (Å²) in [7, 11) is 0. The summed E-state index contributed by atoms with van der Waals surface area (Å²) in [6.45, 7) is 5.63. The summed E-state index contributed by atoms with van der Waals surface area (Å²) < 4.78 is 35.9. The first-order chi connectivity index (χ1) is 20.0. The highest BCUT2D eigenvalue weighted by atomic mass is 19.2. The van der Waals surface area contributed by atoms with E-state index in [-0.39, 0.29) is 16.7 Å². The summed E-state index contributed by atoms with van der Waals surface area (Å²) in [6.07, 6.45) is 7.71. The van der Waals surface area contributed by atoms with Crippen molar-refractivity contribution in [3.05, 3.63) is 47.2 Å². The zero-order chi connectivity index (χ0) is 27.7. The largest absolute Gasteiger partial charge is 0.508 e. The Morgan fingerprint density at radius 2 is 1.78 bits per heavy atom. The lowest BCUT2D eigenvalue weighted by Gasteiger charge is -2.38. The van der Waals surface area contributed by atoms with E-state index in [1.807, 2.05) is 4.90 Å². The lowest BCUT2D eigenvalue weighted by atomic mass is 9.95. The minimum atomic E-state index is -0.900. The van der Waals surface area contributed by atoms with E-state index >= 15 is 4.39 Å². The first kappa shape index (κ1) is 25.5. The Morgan fingerprint density at radius 1 is 1.00 bits per heavy atom. The molecule has 0 radical (unpaired) electrons. The SMILES string of the molecule is Oc1cc(N2CCc3c(nc(OCC45CCCN4CCC5)nc3N3CC4CCC(C3)N4)C2)c2c(F)c(F)ccc2c1. The minimum absolute atomic E-state index is 0.0185. The fourth-order valence-corrected chi connectivity index (χ4v) is 8.16. The Kier molecular flexibility index (Phi) is 6.00. The molecule has 0 amide bonds. The predicted octanol–water partition coefficient (Wildman–Crippen LogP) is 4.12. The second-order valence-corrected chi connectivity index (χ2v) is 12.6. The van der Waals surface area contributed by atoms with Gasteiger partial charge in [0.15, 0.2) is 11.6 Å². The number of benzene rings is 2. The van der Waals surface area contributed by atoms with Crippen LogP contribution in [-0.2, 0) is 13.0 Å². The van der Waals surface area contributed by atoms with Crippen LogP contribution in [0.4, 0.5) is 20.3 Å². The molecule has 4 fully saturated rings. The number of piperazine rings is 1. The Labute approximate surface area is 238 Å². The molecule has 0 saturated carbocycles. The van der Waals surface area contributed by atoms with Crippen molar-refractivity contribution in [1.29, 1.82) is 0 Å². The maximum Gasteiger partial charge on any atom is 0.318 e. The number of anilines is 2. The number of aromatic nitrogens is 2. The lowest BCUT2D eigenvalue weighted by Crippen LogP contribution is -2.52. The van der Waals surface area contributed by atoms with E-state index in [4.69, 9.17) is 14.7 Å². The number of hydrogen-bond donors (Lipinski definition) is 2. The topological polar surface area (TPSA) is 77.0 Å². The molecule has 2 unspecified atom stereocenters. The second-order valence-electron chi connectivity index (χ2n) is 12.6. The van der Waals surface area contributed by atoms with Gasteiger partial charge in [-0.25, -0.2) is 8.78 Å². The van der Waals surface area contributed by atoms with Gasteiger partial charge in [0.1, 0.15) is 18.2 Å². The monoisotopic (exact) mass is 562 g/mol. The molecular formula is C31H36F2N6O2. The van der Waals surface area contributed by atoms with Crippen molar-refractivity contribution in [1.82, 2.24) is 20.2 Å². The molecule has 10 heteroatoms. The highest BCUT2D eigenvalue weighted by Crippen LogP contribution is 2.41. The molecule has 4 saturated heterocycles. The van der Waals surface area contributed by atoms with Crippen LogP contribution in [0.1, 0.15) is 49.8 Å². The van der Waals surface area contributed by atoms with E-state index < -0.39 is 11.6 Å².